The molecule has 1 nitrogen and oxygen atoms in total. The van der Waals surface area contributed by atoms with Crippen molar-refractivity contribution < 1.29 is 4.79 Å². The van der Waals surface area contributed by atoms with Gasteiger partial charge in [0.05, 0.1) is 0 Å². The van der Waals surface area contributed by atoms with E-state index in [0.29, 0.717) is 18.1 Å². The predicted molar refractivity (Wildman–Crippen MR) is 64.1 cm³/mol. The summed E-state index contributed by atoms with van der Waals surface area (Å²) in [6.45, 7) is 0. The minimum absolute atomic E-state index is 0.419. The molecule has 0 spiro atoms. The lowest BCUT2D eigenvalue weighted by Crippen LogP contribution is -2.07. The van der Waals surface area contributed by atoms with E-state index in [1.807, 2.05) is 18.2 Å². The zero-order valence-electron chi connectivity index (χ0n) is 9.56. The molecule has 1 aromatic carbocycles. The van der Waals surface area contributed by atoms with Crippen molar-refractivity contribution in [3.05, 3.63) is 35.9 Å². The topological polar surface area (TPSA) is 17.1 Å². The van der Waals surface area contributed by atoms with Crippen molar-refractivity contribution >= 4 is 5.78 Å². The molecule has 1 heteroatoms. The van der Waals surface area contributed by atoms with E-state index in [2.05, 4.69) is 12.1 Å². The molecule has 2 unspecified atom stereocenters. The zero-order valence-corrected chi connectivity index (χ0v) is 9.56. The summed E-state index contributed by atoms with van der Waals surface area (Å²) in [5, 5.41) is 0. The molecule has 0 amide bonds. The minimum Gasteiger partial charge on any atom is -0.299 e. The fourth-order valence-corrected chi connectivity index (χ4v) is 3.38. The molecule has 0 heterocycles. The monoisotopic (exact) mass is 214 g/mol. The number of hydrogen-bond acceptors (Lipinski definition) is 1. The van der Waals surface area contributed by atoms with Crippen LogP contribution in [0.2, 0.25) is 0 Å². The van der Waals surface area contributed by atoms with E-state index in [9.17, 15) is 4.79 Å². The maximum absolute atomic E-state index is 12.1. The van der Waals surface area contributed by atoms with Crippen LogP contribution in [0.15, 0.2) is 30.3 Å². The second kappa shape index (κ2) is 4.04. The summed E-state index contributed by atoms with van der Waals surface area (Å²) in [5.41, 5.74) is 1.18. The number of carbonyl (C=O) groups excluding carboxylic acids is 1. The van der Waals surface area contributed by atoms with E-state index >= 15 is 0 Å². The van der Waals surface area contributed by atoms with Gasteiger partial charge >= 0.3 is 0 Å². The Morgan fingerprint density at radius 3 is 2.31 bits per heavy atom. The smallest absolute Gasteiger partial charge is 0.140 e. The maximum atomic E-state index is 12.1. The van der Waals surface area contributed by atoms with E-state index in [0.717, 1.165) is 11.8 Å². The van der Waals surface area contributed by atoms with Gasteiger partial charge in [0.1, 0.15) is 5.78 Å². The van der Waals surface area contributed by atoms with Crippen LogP contribution in [0, 0.1) is 17.8 Å². The number of benzene rings is 1. The Hall–Kier alpha value is -1.11. The van der Waals surface area contributed by atoms with Gasteiger partial charge in [-0.25, -0.2) is 0 Å². The molecule has 16 heavy (non-hydrogen) atoms. The Labute approximate surface area is 96.9 Å². The molecule has 1 aromatic rings. The molecule has 0 bridgehead atoms. The molecule has 0 saturated heterocycles. The Kier molecular flexibility index (Phi) is 2.55. The summed E-state index contributed by atoms with van der Waals surface area (Å²) >= 11 is 0. The highest BCUT2D eigenvalue weighted by Crippen LogP contribution is 2.55. The van der Waals surface area contributed by atoms with E-state index < -0.39 is 0 Å². The van der Waals surface area contributed by atoms with Crippen molar-refractivity contribution in [2.24, 2.45) is 17.8 Å². The Balaban J connectivity index is 1.63. The van der Waals surface area contributed by atoms with Crippen molar-refractivity contribution in [3.8, 4) is 0 Å². The lowest BCUT2D eigenvalue weighted by atomic mass is 10.0. The molecule has 2 atom stereocenters. The van der Waals surface area contributed by atoms with Crippen LogP contribution in [0.4, 0.5) is 0 Å². The molecule has 3 rings (SSSR count). The fraction of sp³-hybridized carbons (Fsp3) is 0.533. The molecule has 2 saturated carbocycles. The second-order valence-corrected chi connectivity index (χ2v) is 5.27. The third-order valence-corrected chi connectivity index (χ3v) is 4.25. The standard InChI is InChI=1S/C15H18O/c16-14(10-11-6-2-1-3-7-11)15-12-8-4-5-9-13(12)15/h1-3,6-7,12-13,15H,4-5,8-10H2. The molecule has 2 aliphatic carbocycles. The quantitative estimate of drug-likeness (QED) is 0.755. The molecular formula is C15H18O. The van der Waals surface area contributed by atoms with E-state index in [1.165, 1.54) is 31.2 Å². The molecule has 2 fully saturated rings. The van der Waals surface area contributed by atoms with Crippen LogP contribution in [0.5, 0.6) is 0 Å². The van der Waals surface area contributed by atoms with Gasteiger partial charge in [-0.1, -0.05) is 43.2 Å². The van der Waals surface area contributed by atoms with Crippen molar-refractivity contribution in [2.75, 3.05) is 0 Å². The maximum Gasteiger partial charge on any atom is 0.140 e. The van der Waals surface area contributed by atoms with Crippen LogP contribution in [-0.2, 0) is 11.2 Å². The first-order valence-corrected chi connectivity index (χ1v) is 6.43. The summed E-state index contributed by atoms with van der Waals surface area (Å²) in [6, 6.07) is 10.2. The van der Waals surface area contributed by atoms with Crippen molar-refractivity contribution in [3.63, 3.8) is 0 Å². The average molecular weight is 214 g/mol. The Morgan fingerprint density at radius 1 is 1.06 bits per heavy atom. The van der Waals surface area contributed by atoms with Gasteiger partial charge in [0.25, 0.3) is 0 Å². The summed E-state index contributed by atoms with van der Waals surface area (Å²) in [4.78, 5) is 12.1. The molecule has 84 valence electrons. The Morgan fingerprint density at radius 2 is 1.69 bits per heavy atom. The molecule has 0 radical (unpaired) electrons. The zero-order chi connectivity index (χ0) is 11.0. The number of rotatable bonds is 3. The number of hydrogen-bond donors (Lipinski definition) is 0. The van der Waals surface area contributed by atoms with E-state index in [-0.39, 0.29) is 0 Å². The Bertz CT molecular complexity index is 370. The van der Waals surface area contributed by atoms with Gasteiger partial charge in [0, 0.05) is 12.3 Å². The SMILES string of the molecule is O=C(Cc1ccccc1)C1C2CCCCC21. The van der Waals surface area contributed by atoms with Crippen molar-refractivity contribution in [1.29, 1.82) is 0 Å². The second-order valence-electron chi connectivity index (χ2n) is 5.27. The van der Waals surface area contributed by atoms with Crippen molar-refractivity contribution in [1.82, 2.24) is 0 Å². The number of ketones is 1. The summed E-state index contributed by atoms with van der Waals surface area (Å²) in [6.07, 6.45) is 5.94. The molecule has 0 N–H and O–H groups in total. The van der Waals surface area contributed by atoms with Gasteiger partial charge < -0.3 is 0 Å². The van der Waals surface area contributed by atoms with Crippen LogP contribution in [0.3, 0.4) is 0 Å². The number of fused-ring (bicyclic) bond motifs is 1. The molecule has 0 aromatic heterocycles. The first-order valence-electron chi connectivity index (χ1n) is 6.43. The molecular weight excluding hydrogens is 196 g/mol. The van der Waals surface area contributed by atoms with E-state index in [1.54, 1.807) is 0 Å². The normalized spacial score (nSPS) is 31.9. The summed E-state index contributed by atoms with van der Waals surface area (Å²) < 4.78 is 0. The minimum atomic E-state index is 0.419. The van der Waals surface area contributed by atoms with Gasteiger partial charge in [-0.05, 0) is 30.2 Å². The van der Waals surface area contributed by atoms with Gasteiger partial charge in [-0.2, -0.15) is 0 Å². The highest BCUT2D eigenvalue weighted by molar-refractivity contribution is 5.86. The third kappa shape index (κ3) is 1.79. The lowest BCUT2D eigenvalue weighted by Gasteiger charge is -2.04. The highest BCUT2D eigenvalue weighted by Gasteiger charge is 2.53. The highest BCUT2D eigenvalue weighted by atomic mass is 16.1. The largest absolute Gasteiger partial charge is 0.299 e. The molecule has 2 aliphatic rings. The predicted octanol–water partition coefficient (Wildman–Crippen LogP) is 3.23. The molecule has 0 aliphatic heterocycles. The first-order chi connectivity index (χ1) is 7.86. The van der Waals surface area contributed by atoms with Gasteiger partial charge in [0.15, 0.2) is 0 Å². The van der Waals surface area contributed by atoms with Crippen LogP contribution in [-0.4, -0.2) is 5.78 Å². The van der Waals surface area contributed by atoms with Crippen LogP contribution < -0.4 is 0 Å². The van der Waals surface area contributed by atoms with Gasteiger partial charge in [-0.15, -0.1) is 0 Å². The van der Waals surface area contributed by atoms with Crippen LogP contribution >= 0.6 is 0 Å². The fourth-order valence-electron chi connectivity index (χ4n) is 3.38. The van der Waals surface area contributed by atoms with Crippen molar-refractivity contribution in [2.45, 2.75) is 32.1 Å². The summed E-state index contributed by atoms with van der Waals surface area (Å²) in [7, 11) is 0. The lowest BCUT2D eigenvalue weighted by molar-refractivity contribution is -0.120. The average Bonchev–Trinajstić information content (AvgIpc) is 3.04. The van der Waals surface area contributed by atoms with Crippen LogP contribution in [0.25, 0.3) is 0 Å². The van der Waals surface area contributed by atoms with Gasteiger partial charge in [0.2, 0.25) is 0 Å². The third-order valence-electron chi connectivity index (χ3n) is 4.25. The summed E-state index contributed by atoms with van der Waals surface area (Å²) in [5.74, 6) is 2.42. The van der Waals surface area contributed by atoms with Crippen LogP contribution in [0.1, 0.15) is 31.2 Å². The number of Topliss-reactive ketones (excluding diaryl/α,β-unsaturated/α-hetero) is 1. The number of carbonyl (C=O) groups is 1. The first kappa shape index (κ1) is 10.1. The van der Waals surface area contributed by atoms with E-state index in [4.69, 9.17) is 0 Å². The van der Waals surface area contributed by atoms with Gasteiger partial charge in [-0.3, -0.25) is 4.79 Å².